The highest BCUT2D eigenvalue weighted by molar-refractivity contribution is 7.11. The fourth-order valence-corrected chi connectivity index (χ4v) is 2.75. The monoisotopic (exact) mass is 352 g/mol. The van der Waals surface area contributed by atoms with Crippen molar-refractivity contribution in [1.82, 2.24) is 15.6 Å². The maximum absolute atomic E-state index is 5.92. The van der Waals surface area contributed by atoms with Gasteiger partial charge in [-0.1, -0.05) is 17.7 Å². The molecular weight excluding hydrogens is 332 g/mol. The molecule has 2 N–H and O–H groups in total. The van der Waals surface area contributed by atoms with Gasteiger partial charge in [0.15, 0.2) is 5.96 Å². The van der Waals surface area contributed by atoms with Crippen molar-refractivity contribution >= 4 is 28.9 Å². The summed E-state index contributed by atoms with van der Waals surface area (Å²) in [5.41, 5.74) is 0. The van der Waals surface area contributed by atoms with Crippen molar-refractivity contribution in [3.63, 3.8) is 0 Å². The zero-order valence-electron chi connectivity index (χ0n) is 13.3. The molecule has 0 aliphatic carbocycles. The standard InChI is InChI=1S/C16H21ClN4OS/c1-3-18-16(21-11-15-20-10-12(2)23-15)19-7-8-22-14-6-4-5-13(17)9-14/h4-6,9-10H,3,7-8,11H2,1-2H3,(H2,18,19,21). The molecule has 0 spiro atoms. The minimum absolute atomic E-state index is 0.529. The van der Waals surface area contributed by atoms with Gasteiger partial charge in [0.05, 0.1) is 13.1 Å². The highest BCUT2D eigenvalue weighted by Gasteiger charge is 2.01. The van der Waals surface area contributed by atoms with Crippen molar-refractivity contribution in [3.05, 3.63) is 45.4 Å². The molecular formula is C16H21ClN4OS. The highest BCUT2D eigenvalue weighted by atomic mass is 35.5. The average Bonchev–Trinajstić information content (AvgIpc) is 2.94. The van der Waals surface area contributed by atoms with E-state index in [1.54, 1.807) is 17.4 Å². The number of aromatic nitrogens is 1. The van der Waals surface area contributed by atoms with E-state index in [1.165, 1.54) is 4.88 Å². The normalized spacial score (nSPS) is 11.3. The second kappa shape index (κ2) is 9.37. The third-order valence-corrected chi connectivity index (χ3v) is 3.98. The molecule has 5 nitrogen and oxygen atoms in total. The Hall–Kier alpha value is -1.79. The van der Waals surface area contributed by atoms with E-state index < -0.39 is 0 Å². The summed E-state index contributed by atoms with van der Waals surface area (Å²) < 4.78 is 5.64. The number of aliphatic imine (C=N–C) groups is 1. The van der Waals surface area contributed by atoms with Crippen LogP contribution in [0.15, 0.2) is 35.5 Å². The van der Waals surface area contributed by atoms with Gasteiger partial charge in [-0.15, -0.1) is 11.3 Å². The van der Waals surface area contributed by atoms with E-state index in [-0.39, 0.29) is 0 Å². The van der Waals surface area contributed by atoms with Gasteiger partial charge in [0, 0.05) is 22.6 Å². The first-order valence-electron chi connectivity index (χ1n) is 7.49. The maximum atomic E-state index is 5.92. The Morgan fingerprint density at radius 1 is 1.39 bits per heavy atom. The molecule has 0 unspecified atom stereocenters. The minimum Gasteiger partial charge on any atom is -0.492 e. The van der Waals surface area contributed by atoms with E-state index in [4.69, 9.17) is 16.3 Å². The van der Waals surface area contributed by atoms with Crippen molar-refractivity contribution in [1.29, 1.82) is 0 Å². The molecule has 7 heteroatoms. The van der Waals surface area contributed by atoms with Gasteiger partial charge in [0.25, 0.3) is 0 Å². The van der Waals surface area contributed by atoms with Crippen molar-refractivity contribution in [3.8, 4) is 5.75 Å². The molecule has 0 amide bonds. The molecule has 0 bridgehead atoms. The third-order valence-electron chi connectivity index (χ3n) is 2.85. The van der Waals surface area contributed by atoms with Gasteiger partial charge < -0.3 is 15.4 Å². The predicted molar refractivity (Wildman–Crippen MR) is 96.6 cm³/mol. The first-order chi connectivity index (χ1) is 11.2. The van der Waals surface area contributed by atoms with Crippen LogP contribution in [0, 0.1) is 6.92 Å². The lowest BCUT2D eigenvalue weighted by atomic mass is 10.3. The predicted octanol–water partition coefficient (Wildman–Crippen LogP) is 3.24. The van der Waals surface area contributed by atoms with Crippen LogP contribution >= 0.6 is 22.9 Å². The second-order valence-electron chi connectivity index (χ2n) is 4.79. The summed E-state index contributed by atoms with van der Waals surface area (Å²) in [6, 6.07) is 7.37. The second-order valence-corrected chi connectivity index (χ2v) is 6.55. The molecule has 0 atom stereocenters. The number of rotatable bonds is 7. The quantitative estimate of drug-likeness (QED) is 0.456. The van der Waals surface area contributed by atoms with Crippen molar-refractivity contribution in [2.45, 2.75) is 20.4 Å². The molecule has 0 aliphatic rings. The Morgan fingerprint density at radius 2 is 2.26 bits per heavy atom. The number of thiazole rings is 1. The Morgan fingerprint density at radius 3 is 2.96 bits per heavy atom. The number of aryl methyl sites for hydroxylation is 1. The zero-order chi connectivity index (χ0) is 16.5. The molecule has 2 aromatic rings. The van der Waals surface area contributed by atoms with E-state index in [2.05, 4.69) is 20.6 Å². The summed E-state index contributed by atoms with van der Waals surface area (Å²) >= 11 is 7.58. The van der Waals surface area contributed by atoms with E-state index in [1.807, 2.05) is 38.2 Å². The lowest BCUT2D eigenvalue weighted by molar-refractivity contribution is 0.322. The molecule has 1 aromatic carbocycles. The van der Waals surface area contributed by atoms with Gasteiger partial charge >= 0.3 is 0 Å². The number of hydrogen-bond acceptors (Lipinski definition) is 4. The molecule has 2 rings (SSSR count). The Kier molecular flexibility index (Phi) is 7.16. The Bertz CT molecular complexity index is 645. The molecule has 0 radical (unpaired) electrons. The number of halogens is 1. The minimum atomic E-state index is 0.529. The summed E-state index contributed by atoms with van der Waals surface area (Å²) in [6.45, 7) is 6.63. The van der Waals surface area contributed by atoms with Crippen LogP contribution in [0.5, 0.6) is 5.75 Å². The Labute approximate surface area is 145 Å². The van der Waals surface area contributed by atoms with Crippen LogP contribution in [0.4, 0.5) is 0 Å². The van der Waals surface area contributed by atoms with Crippen molar-refractivity contribution in [2.24, 2.45) is 4.99 Å². The van der Waals surface area contributed by atoms with Crippen molar-refractivity contribution in [2.75, 3.05) is 19.7 Å². The lowest BCUT2D eigenvalue weighted by Gasteiger charge is -2.12. The van der Waals surface area contributed by atoms with Crippen LogP contribution in [0.2, 0.25) is 5.02 Å². The van der Waals surface area contributed by atoms with Crippen LogP contribution in [0.1, 0.15) is 16.8 Å². The summed E-state index contributed by atoms with van der Waals surface area (Å²) in [5.74, 6) is 1.52. The number of benzene rings is 1. The van der Waals surface area contributed by atoms with Crippen LogP contribution in [-0.4, -0.2) is 30.6 Å². The number of guanidine groups is 1. The summed E-state index contributed by atoms with van der Waals surface area (Å²) in [4.78, 5) is 10.0. The molecule has 1 aromatic heterocycles. The molecule has 0 aliphatic heterocycles. The largest absolute Gasteiger partial charge is 0.492 e. The topological polar surface area (TPSA) is 58.5 Å². The van der Waals surface area contributed by atoms with Gasteiger partial charge in [0.1, 0.15) is 17.4 Å². The first-order valence-corrected chi connectivity index (χ1v) is 8.68. The molecule has 23 heavy (non-hydrogen) atoms. The maximum Gasteiger partial charge on any atom is 0.191 e. The van der Waals surface area contributed by atoms with Gasteiger partial charge in [-0.25, -0.2) is 9.98 Å². The third kappa shape index (κ3) is 6.46. The van der Waals surface area contributed by atoms with Crippen molar-refractivity contribution < 1.29 is 4.74 Å². The van der Waals surface area contributed by atoms with Gasteiger partial charge in [0.2, 0.25) is 0 Å². The number of hydrogen-bond donors (Lipinski definition) is 2. The van der Waals surface area contributed by atoms with E-state index in [9.17, 15) is 0 Å². The van der Waals surface area contributed by atoms with Crippen LogP contribution < -0.4 is 15.4 Å². The summed E-state index contributed by atoms with van der Waals surface area (Å²) in [7, 11) is 0. The first kappa shape index (κ1) is 17.6. The number of ether oxygens (including phenoxy) is 1. The molecule has 0 saturated carbocycles. The average molecular weight is 353 g/mol. The molecule has 1 heterocycles. The lowest BCUT2D eigenvalue weighted by Crippen LogP contribution is -2.39. The van der Waals surface area contributed by atoms with Crippen LogP contribution in [0.25, 0.3) is 0 Å². The van der Waals surface area contributed by atoms with Gasteiger partial charge in [-0.05, 0) is 32.0 Å². The summed E-state index contributed by atoms with van der Waals surface area (Å²) in [6.07, 6.45) is 1.87. The molecule has 124 valence electrons. The van der Waals surface area contributed by atoms with Crippen LogP contribution in [-0.2, 0) is 6.54 Å². The fourth-order valence-electron chi connectivity index (χ4n) is 1.86. The zero-order valence-corrected chi connectivity index (χ0v) is 14.9. The van der Waals surface area contributed by atoms with Gasteiger partial charge in [-0.3, -0.25) is 0 Å². The van der Waals surface area contributed by atoms with E-state index in [0.29, 0.717) is 24.7 Å². The number of nitrogens with one attached hydrogen (secondary N) is 2. The smallest absolute Gasteiger partial charge is 0.191 e. The van der Waals surface area contributed by atoms with Gasteiger partial charge in [-0.2, -0.15) is 0 Å². The SMILES string of the molecule is CCNC(=NCc1ncc(C)s1)NCCOc1cccc(Cl)c1. The molecule has 0 saturated heterocycles. The van der Waals surface area contributed by atoms with Crippen LogP contribution in [0.3, 0.4) is 0 Å². The highest BCUT2D eigenvalue weighted by Crippen LogP contribution is 2.16. The fraction of sp³-hybridized carbons (Fsp3) is 0.375. The molecule has 0 fully saturated rings. The summed E-state index contributed by atoms with van der Waals surface area (Å²) in [5, 5.41) is 8.13. The Balaban J connectivity index is 1.77. The van der Waals surface area contributed by atoms with E-state index in [0.717, 1.165) is 23.3 Å². The number of nitrogens with zero attached hydrogens (tertiary/aromatic N) is 2. The van der Waals surface area contributed by atoms with E-state index >= 15 is 0 Å².